The lowest BCUT2D eigenvalue weighted by Crippen LogP contribution is -2.66. The van der Waals surface area contributed by atoms with Gasteiger partial charge in [-0.05, 0) is 38.0 Å². The van der Waals surface area contributed by atoms with Gasteiger partial charge in [0.1, 0.15) is 0 Å². The van der Waals surface area contributed by atoms with Gasteiger partial charge >= 0.3 is 0 Å². The number of hydrogen-bond acceptors (Lipinski definition) is 3. The molecule has 3 nitrogen and oxygen atoms in total. The molecular formula is C18H34N2O. The Morgan fingerprint density at radius 3 is 2.67 bits per heavy atom. The molecule has 21 heavy (non-hydrogen) atoms. The Morgan fingerprint density at radius 2 is 2.00 bits per heavy atom. The van der Waals surface area contributed by atoms with E-state index < -0.39 is 0 Å². The van der Waals surface area contributed by atoms with E-state index in [1.54, 1.807) is 0 Å². The zero-order valence-electron chi connectivity index (χ0n) is 14.1. The van der Waals surface area contributed by atoms with Gasteiger partial charge in [-0.2, -0.15) is 0 Å². The van der Waals surface area contributed by atoms with Crippen LogP contribution in [0.5, 0.6) is 0 Å². The molecule has 2 heterocycles. The van der Waals surface area contributed by atoms with Gasteiger partial charge in [0.25, 0.3) is 0 Å². The maximum absolute atomic E-state index is 5.83. The van der Waals surface area contributed by atoms with Gasteiger partial charge in [0.15, 0.2) is 0 Å². The van der Waals surface area contributed by atoms with Gasteiger partial charge in [-0.3, -0.25) is 4.90 Å². The molecule has 1 saturated carbocycles. The number of nitrogens with zero attached hydrogens (tertiary/aromatic N) is 1. The van der Waals surface area contributed by atoms with Crippen LogP contribution >= 0.6 is 0 Å². The Hall–Kier alpha value is -0.120. The molecule has 0 aromatic carbocycles. The summed E-state index contributed by atoms with van der Waals surface area (Å²) in [6.07, 6.45) is 11.4. The maximum Gasteiger partial charge on any atom is 0.0588 e. The van der Waals surface area contributed by atoms with Crippen molar-refractivity contribution in [2.24, 2.45) is 5.92 Å². The molecule has 1 N–H and O–H groups in total. The third kappa shape index (κ3) is 3.80. The van der Waals surface area contributed by atoms with E-state index in [1.165, 1.54) is 71.0 Å². The van der Waals surface area contributed by atoms with Gasteiger partial charge in [0.05, 0.1) is 6.10 Å². The Kier molecular flexibility index (Phi) is 5.23. The molecule has 2 atom stereocenters. The van der Waals surface area contributed by atoms with Crippen LogP contribution < -0.4 is 5.32 Å². The monoisotopic (exact) mass is 294 g/mol. The van der Waals surface area contributed by atoms with E-state index in [-0.39, 0.29) is 0 Å². The summed E-state index contributed by atoms with van der Waals surface area (Å²) in [4.78, 5) is 2.80. The third-order valence-electron chi connectivity index (χ3n) is 6.00. The van der Waals surface area contributed by atoms with E-state index in [4.69, 9.17) is 4.74 Å². The second kappa shape index (κ2) is 6.97. The molecule has 2 unspecified atom stereocenters. The Bertz CT molecular complexity index is 319. The predicted octanol–water partition coefficient (Wildman–Crippen LogP) is 3.19. The van der Waals surface area contributed by atoms with Crippen LogP contribution in [-0.2, 0) is 4.74 Å². The van der Waals surface area contributed by atoms with E-state index in [2.05, 4.69) is 24.1 Å². The first kappa shape index (κ1) is 15.8. The first-order valence-electron chi connectivity index (χ1n) is 9.29. The van der Waals surface area contributed by atoms with Gasteiger partial charge in [-0.25, -0.2) is 0 Å². The molecule has 3 heteroatoms. The summed E-state index contributed by atoms with van der Waals surface area (Å²) in [7, 11) is 0. The van der Waals surface area contributed by atoms with Crippen molar-refractivity contribution in [2.75, 3.05) is 26.2 Å². The molecule has 2 aliphatic heterocycles. The van der Waals surface area contributed by atoms with Crippen molar-refractivity contribution < 1.29 is 4.74 Å². The second-order valence-corrected chi connectivity index (χ2v) is 7.93. The van der Waals surface area contributed by atoms with Crippen molar-refractivity contribution in [3.8, 4) is 0 Å². The molecule has 2 saturated heterocycles. The number of ether oxygens (including phenoxy) is 1. The summed E-state index contributed by atoms with van der Waals surface area (Å²) in [6.45, 7) is 9.43. The van der Waals surface area contributed by atoms with Crippen LogP contribution in [0.3, 0.4) is 0 Å². The van der Waals surface area contributed by atoms with Gasteiger partial charge in [-0.15, -0.1) is 0 Å². The van der Waals surface area contributed by atoms with Crippen LogP contribution in [0.2, 0.25) is 0 Å². The molecule has 0 amide bonds. The molecule has 1 spiro atoms. The minimum atomic E-state index is 0.431. The van der Waals surface area contributed by atoms with E-state index in [0.717, 1.165) is 12.5 Å². The lowest BCUT2D eigenvalue weighted by molar-refractivity contribution is 0.0210. The van der Waals surface area contributed by atoms with E-state index in [0.29, 0.717) is 17.7 Å². The smallest absolute Gasteiger partial charge is 0.0588 e. The fraction of sp³-hybridized carbons (Fsp3) is 1.00. The zero-order valence-corrected chi connectivity index (χ0v) is 14.1. The predicted molar refractivity (Wildman–Crippen MR) is 87.6 cm³/mol. The molecule has 0 radical (unpaired) electrons. The molecule has 0 bridgehead atoms. The first-order valence-corrected chi connectivity index (χ1v) is 9.29. The van der Waals surface area contributed by atoms with Crippen LogP contribution in [0, 0.1) is 5.92 Å². The summed E-state index contributed by atoms with van der Waals surface area (Å²) >= 11 is 0. The standard InChI is InChI=1S/C18H34N2O/c1-15(2)17-13-19-18(9-4-3-5-10-18)14-20(17)11-8-16-7-6-12-21-16/h15-17,19H,3-14H2,1-2H3. The van der Waals surface area contributed by atoms with Crippen molar-refractivity contribution in [1.29, 1.82) is 0 Å². The maximum atomic E-state index is 5.83. The van der Waals surface area contributed by atoms with Gasteiger partial charge in [0.2, 0.25) is 0 Å². The largest absolute Gasteiger partial charge is 0.378 e. The molecule has 0 aromatic rings. The normalized spacial score (nSPS) is 33.9. The minimum Gasteiger partial charge on any atom is -0.378 e. The fourth-order valence-electron chi connectivity index (χ4n) is 4.66. The van der Waals surface area contributed by atoms with Gasteiger partial charge < -0.3 is 10.1 Å². The highest BCUT2D eigenvalue weighted by Crippen LogP contribution is 2.33. The molecule has 122 valence electrons. The Balaban J connectivity index is 1.60. The summed E-state index contributed by atoms with van der Waals surface area (Å²) in [6, 6.07) is 0.707. The summed E-state index contributed by atoms with van der Waals surface area (Å²) in [5.41, 5.74) is 0.431. The lowest BCUT2D eigenvalue weighted by atomic mass is 9.78. The topological polar surface area (TPSA) is 24.5 Å². The molecule has 3 aliphatic rings. The van der Waals surface area contributed by atoms with Crippen LogP contribution in [0.25, 0.3) is 0 Å². The minimum absolute atomic E-state index is 0.431. The Morgan fingerprint density at radius 1 is 1.19 bits per heavy atom. The van der Waals surface area contributed by atoms with Crippen LogP contribution in [0.1, 0.15) is 65.2 Å². The van der Waals surface area contributed by atoms with E-state index in [1.807, 2.05) is 0 Å². The highest BCUT2D eigenvalue weighted by molar-refractivity contribution is 5.00. The number of piperazine rings is 1. The van der Waals surface area contributed by atoms with Crippen molar-refractivity contribution in [2.45, 2.75) is 82.9 Å². The van der Waals surface area contributed by atoms with E-state index in [9.17, 15) is 0 Å². The fourth-order valence-corrected chi connectivity index (χ4v) is 4.66. The van der Waals surface area contributed by atoms with Gasteiger partial charge in [-0.1, -0.05) is 33.1 Å². The van der Waals surface area contributed by atoms with Crippen LogP contribution in [0.15, 0.2) is 0 Å². The van der Waals surface area contributed by atoms with Crippen molar-refractivity contribution in [3.63, 3.8) is 0 Å². The van der Waals surface area contributed by atoms with Crippen molar-refractivity contribution in [3.05, 3.63) is 0 Å². The second-order valence-electron chi connectivity index (χ2n) is 7.93. The first-order chi connectivity index (χ1) is 10.2. The summed E-state index contributed by atoms with van der Waals surface area (Å²) in [5.74, 6) is 0.739. The quantitative estimate of drug-likeness (QED) is 0.862. The van der Waals surface area contributed by atoms with Crippen molar-refractivity contribution in [1.82, 2.24) is 10.2 Å². The SMILES string of the molecule is CC(C)C1CNC2(CCCCC2)CN1CCC1CCCO1. The van der Waals surface area contributed by atoms with E-state index >= 15 is 0 Å². The zero-order chi connectivity index (χ0) is 14.7. The number of rotatable bonds is 4. The van der Waals surface area contributed by atoms with Crippen molar-refractivity contribution >= 4 is 0 Å². The number of nitrogens with one attached hydrogen (secondary N) is 1. The molecule has 0 aromatic heterocycles. The highest BCUT2D eigenvalue weighted by atomic mass is 16.5. The number of hydrogen-bond donors (Lipinski definition) is 1. The lowest BCUT2D eigenvalue weighted by Gasteiger charge is -2.51. The average molecular weight is 294 g/mol. The highest BCUT2D eigenvalue weighted by Gasteiger charge is 2.40. The van der Waals surface area contributed by atoms with Gasteiger partial charge in [0, 0.05) is 37.8 Å². The molecular weight excluding hydrogens is 260 g/mol. The molecule has 3 fully saturated rings. The Labute approximate surface area is 130 Å². The summed E-state index contributed by atoms with van der Waals surface area (Å²) < 4.78 is 5.83. The summed E-state index contributed by atoms with van der Waals surface area (Å²) in [5, 5.41) is 3.95. The average Bonchev–Trinajstić information content (AvgIpc) is 2.99. The molecule has 1 aliphatic carbocycles. The van der Waals surface area contributed by atoms with Crippen LogP contribution in [0.4, 0.5) is 0 Å². The molecule has 3 rings (SSSR count). The van der Waals surface area contributed by atoms with Crippen LogP contribution in [-0.4, -0.2) is 48.8 Å². The third-order valence-corrected chi connectivity index (χ3v) is 6.00.